The second kappa shape index (κ2) is 5.42. The molecule has 0 saturated carbocycles. The lowest BCUT2D eigenvalue weighted by atomic mass is 9.96. The van der Waals surface area contributed by atoms with Crippen molar-refractivity contribution in [1.29, 1.82) is 0 Å². The van der Waals surface area contributed by atoms with Crippen molar-refractivity contribution in [2.24, 2.45) is 0 Å². The normalized spacial score (nSPS) is 11.7. The molecule has 0 unspecified atom stereocenters. The molecule has 0 aromatic carbocycles. The number of hydrogen-bond donors (Lipinski definition) is 2. The first-order chi connectivity index (χ1) is 7.04. The van der Waals surface area contributed by atoms with E-state index in [9.17, 15) is 0 Å². The Kier molecular flexibility index (Phi) is 4.47. The van der Waals surface area contributed by atoms with Crippen LogP contribution in [0.15, 0.2) is 0 Å². The number of nitrogens with zero attached hydrogens (tertiary/aromatic N) is 2. The number of hydrogen-bond acceptors (Lipinski definition) is 5. The second-order valence-electron chi connectivity index (χ2n) is 4.53. The van der Waals surface area contributed by atoms with E-state index in [0.29, 0.717) is 0 Å². The van der Waals surface area contributed by atoms with Crippen molar-refractivity contribution in [2.45, 2.75) is 39.0 Å². The van der Waals surface area contributed by atoms with E-state index in [2.05, 4.69) is 35.4 Å². The number of rotatable bonds is 5. The maximum atomic E-state index is 8.62. The van der Waals surface area contributed by atoms with E-state index in [0.717, 1.165) is 30.3 Å². The molecule has 2 N–H and O–H groups in total. The number of aliphatic hydroxyl groups is 1. The standard InChI is InChI=1S/C10H19N3OS/c1-10(2,3)8-12-9(15-13-8)11-6-4-5-7-14/h14H,4-7H2,1-3H3,(H,11,12,13). The third kappa shape index (κ3) is 4.13. The summed E-state index contributed by atoms with van der Waals surface area (Å²) in [5, 5.41) is 12.7. The summed E-state index contributed by atoms with van der Waals surface area (Å²) in [5.41, 5.74) is 0.0154. The zero-order valence-corrected chi connectivity index (χ0v) is 10.4. The second-order valence-corrected chi connectivity index (χ2v) is 5.28. The van der Waals surface area contributed by atoms with E-state index in [1.54, 1.807) is 0 Å². The minimum atomic E-state index is 0.0154. The molecule has 0 spiro atoms. The van der Waals surface area contributed by atoms with Gasteiger partial charge in [-0.1, -0.05) is 20.8 Å². The highest BCUT2D eigenvalue weighted by molar-refractivity contribution is 7.09. The molecule has 0 aliphatic heterocycles. The van der Waals surface area contributed by atoms with Gasteiger partial charge in [-0.3, -0.25) is 0 Å². The molecule has 0 radical (unpaired) electrons. The summed E-state index contributed by atoms with van der Waals surface area (Å²) in [6, 6.07) is 0. The van der Waals surface area contributed by atoms with E-state index < -0.39 is 0 Å². The van der Waals surface area contributed by atoms with Crippen molar-refractivity contribution in [1.82, 2.24) is 9.36 Å². The van der Waals surface area contributed by atoms with E-state index in [1.807, 2.05) is 0 Å². The lowest BCUT2D eigenvalue weighted by Crippen LogP contribution is -2.13. The zero-order valence-electron chi connectivity index (χ0n) is 9.58. The fourth-order valence-corrected chi connectivity index (χ4v) is 1.81. The van der Waals surface area contributed by atoms with E-state index in [-0.39, 0.29) is 12.0 Å². The lowest BCUT2D eigenvalue weighted by molar-refractivity contribution is 0.286. The molecule has 1 rings (SSSR count). The molecular formula is C10H19N3OS. The topological polar surface area (TPSA) is 58.0 Å². The van der Waals surface area contributed by atoms with Crippen molar-refractivity contribution in [3.8, 4) is 0 Å². The van der Waals surface area contributed by atoms with Crippen LogP contribution in [-0.2, 0) is 5.41 Å². The number of aromatic nitrogens is 2. The van der Waals surface area contributed by atoms with Crippen molar-refractivity contribution >= 4 is 16.7 Å². The molecule has 1 aromatic rings. The fourth-order valence-electron chi connectivity index (χ4n) is 1.03. The van der Waals surface area contributed by atoms with Crippen molar-refractivity contribution < 1.29 is 5.11 Å². The highest BCUT2D eigenvalue weighted by atomic mass is 32.1. The van der Waals surface area contributed by atoms with Crippen LogP contribution in [0.5, 0.6) is 0 Å². The summed E-state index contributed by atoms with van der Waals surface area (Å²) in [4.78, 5) is 4.41. The van der Waals surface area contributed by atoms with Gasteiger partial charge < -0.3 is 10.4 Å². The van der Waals surface area contributed by atoms with Crippen LogP contribution < -0.4 is 5.32 Å². The molecule has 0 aliphatic rings. The Hall–Kier alpha value is -0.680. The summed E-state index contributed by atoms with van der Waals surface area (Å²) < 4.78 is 4.31. The summed E-state index contributed by atoms with van der Waals surface area (Å²) in [7, 11) is 0. The summed E-state index contributed by atoms with van der Waals surface area (Å²) in [6.45, 7) is 7.41. The van der Waals surface area contributed by atoms with Gasteiger partial charge in [-0.15, -0.1) is 0 Å². The van der Waals surface area contributed by atoms with Crippen LogP contribution in [0.3, 0.4) is 0 Å². The highest BCUT2D eigenvalue weighted by Gasteiger charge is 2.19. The Balaban J connectivity index is 2.40. The molecule has 0 atom stereocenters. The van der Waals surface area contributed by atoms with Gasteiger partial charge in [-0.2, -0.15) is 4.37 Å². The van der Waals surface area contributed by atoms with Crippen LogP contribution in [0.2, 0.25) is 0 Å². The molecule has 0 amide bonds. The van der Waals surface area contributed by atoms with Gasteiger partial charge in [0.15, 0.2) is 0 Å². The van der Waals surface area contributed by atoms with Crippen LogP contribution in [0.4, 0.5) is 5.13 Å². The molecule has 1 aromatic heterocycles. The first-order valence-electron chi connectivity index (χ1n) is 5.23. The third-order valence-electron chi connectivity index (χ3n) is 1.96. The van der Waals surface area contributed by atoms with Gasteiger partial charge in [-0.25, -0.2) is 4.98 Å². The number of unbranched alkanes of at least 4 members (excludes halogenated alkanes) is 1. The van der Waals surface area contributed by atoms with Gasteiger partial charge in [0.05, 0.1) is 0 Å². The lowest BCUT2D eigenvalue weighted by Gasteiger charge is -2.12. The van der Waals surface area contributed by atoms with Gasteiger partial charge in [0.25, 0.3) is 0 Å². The van der Waals surface area contributed by atoms with Gasteiger partial charge in [-0.05, 0) is 12.8 Å². The number of aliphatic hydroxyl groups excluding tert-OH is 1. The van der Waals surface area contributed by atoms with Crippen LogP contribution in [-0.4, -0.2) is 27.6 Å². The average molecular weight is 229 g/mol. The van der Waals surface area contributed by atoms with Gasteiger partial charge in [0.2, 0.25) is 5.13 Å². The molecule has 1 heterocycles. The van der Waals surface area contributed by atoms with Gasteiger partial charge in [0.1, 0.15) is 5.82 Å². The summed E-state index contributed by atoms with van der Waals surface area (Å²) in [5.74, 6) is 0.886. The van der Waals surface area contributed by atoms with Crippen molar-refractivity contribution in [3.63, 3.8) is 0 Å². The maximum Gasteiger partial charge on any atom is 0.202 e. The summed E-state index contributed by atoms with van der Waals surface area (Å²) >= 11 is 1.40. The van der Waals surface area contributed by atoms with Crippen molar-refractivity contribution in [3.05, 3.63) is 5.82 Å². The zero-order chi connectivity index (χ0) is 11.3. The van der Waals surface area contributed by atoms with E-state index in [1.165, 1.54) is 11.5 Å². The number of anilines is 1. The average Bonchev–Trinajstić information content (AvgIpc) is 2.60. The molecule has 0 bridgehead atoms. The van der Waals surface area contributed by atoms with Gasteiger partial charge in [0, 0.05) is 30.1 Å². The smallest absolute Gasteiger partial charge is 0.202 e. The molecule has 4 nitrogen and oxygen atoms in total. The first-order valence-corrected chi connectivity index (χ1v) is 6.00. The minimum Gasteiger partial charge on any atom is -0.396 e. The van der Waals surface area contributed by atoms with E-state index >= 15 is 0 Å². The Morgan fingerprint density at radius 3 is 2.60 bits per heavy atom. The monoisotopic (exact) mass is 229 g/mol. The molecule has 0 aliphatic carbocycles. The Morgan fingerprint density at radius 1 is 1.33 bits per heavy atom. The Morgan fingerprint density at radius 2 is 2.07 bits per heavy atom. The van der Waals surface area contributed by atoms with Crippen LogP contribution in [0, 0.1) is 0 Å². The van der Waals surface area contributed by atoms with E-state index in [4.69, 9.17) is 5.11 Å². The fraction of sp³-hybridized carbons (Fsp3) is 0.800. The van der Waals surface area contributed by atoms with Gasteiger partial charge >= 0.3 is 0 Å². The number of nitrogens with one attached hydrogen (secondary N) is 1. The van der Waals surface area contributed by atoms with Crippen LogP contribution in [0.1, 0.15) is 39.4 Å². The molecule has 0 fully saturated rings. The molecule has 15 heavy (non-hydrogen) atoms. The van der Waals surface area contributed by atoms with Crippen molar-refractivity contribution in [2.75, 3.05) is 18.5 Å². The molecule has 5 heteroatoms. The predicted octanol–water partition coefficient (Wildman–Crippen LogP) is 2.02. The quantitative estimate of drug-likeness (QED) is 0.758. The van der Waals surface area contributed by atoms with Crippen LogP contribution >= 0.6 is 11.5 Å². The highest BCUT2D eigenvalue weighted by Crippen LogP contribution is 2.22. The minimum absolute atomic E-state index is 0.0154. The molecular weight excluding hydrogens is 210 g/mol. The molecule has 0 saturated heterocycles. The maximum absolute atomic E-state index is 8.62. The predicted molar refractivity (Wildman–Crippen MR) is 63.4 cm³/mol. The SMILES string of the molecule is CC(C)(C)c1nsc(NCCCCO)n1. The largest absolute Gasteiger partial charge is 0.396 e. The molecule has 86 valence electrons. The Labute approximate surface area is 94.9 Å². The Bertz CT molecular complexity index is 293. The van der Waals surface area contributed by atoms with Crippen LogP contribution in [0.25, 0.3) is 0 Å². The first kappa shape index (κ1) is 12.4. The third-order valence-corrected chi connectivity index (χ3v) is 2.63. The summed E-state index contributed by atoms with van der Waals surface area (Å²) in [6.07, 6.45) is 1.79.